The number of amides is 2. The standard InChI is InChI=1S/C22H35N3O3/c1-4-6-9-17(5-2)21(26)24-18-10-11-20(25-13-7-8-14-25)19(16-18)22(27)23-12-15-28-3/h10-11,16-17H,4-9,12-15H2,1-3H3,(H,23,27)(H,24,26)/t17-/m0/s1. The van der Waals surface area contributed by atoms with Gasteiger partial charge in [0.2, 0.25) is 5.91 Å². The van der Waals surface area contributed by atoms with E-state index in [0.29, 0.717) is 24.4 Å². The van der Waals surface area contributed by atoms with Gasteiger partial charge in [-0.3, -0.25) is 9.59 Å². The van der Waals surface area contributed by atoms with E-state index in [2.05, 4.69) is 22.5 Å². The van der Waals surface area contributed by atoms with Gasteiger partial charge in [0.15, 0.2) is 0 Å². The molecule has 0 spiro atoms. The number of unbranched alkanes of at least 4 members (excludes halogenated alkanes) is 1. The van der Waals surface area contributed by atoms with Crippen LogP contribution in [0.15, 0.2) is 18.2 Å². The first-order valence-electron chi connectivity index (χ1n) is 10.6. The summed E-state index contributed by atoms with van der Waals surface area (Å²) in [5, 5.41) is 5.92. The minimum absolute atomic E-state index is 0.0113. The first-order valence-corrected chi connectivity index (χ1v) is 10.6. The molecule has 0 aliphatic carbocycles. The van der Waals surface area contributed by atoms with Gasteiger partial charge in [0, 0.05) is 44.0 Å². The van der Waals surface area contributed by atoms with Gasteiger partial charge in [0.1, 0.15) is 0 Å². The Morgan fingerprint density at radius 3 is 2.61 bits per heavy atom. The summed E-state index contributed by atoms with van der Waals surface area (Å²) in [5.41, 5.74) is 2.22. The first kappa shape index (κ1) is 22.2. The van der Waals surface area contributed by atoms with E-state index in [4.69, 9.17) is 4.74 Å². The molecule has 0 bridgehead atoms. The molecule has 0 radical (unpaired) electrons. The molecule has 0 saturated carbocycles. The second-order valence-corrected chi connectivity index (χ2v) is 7.41. The van der Waals surface area contributed by atoms with Gasteiger partial charge in [0.25, 0.3) is 5.91 Å². The fourth-order valence-electron chi connectivity index (χ4n) is 3.61. The monoisotopic (exact) mass is 389 g/mol. The maximum Gasteiger partial charge on any atom is 0.253 e. The van der Waals surface area contributed by atoms with Crippen molar-refractivity contribution in [2.75, 3.05) is 43.6 Å². The summed E-state index contributed by atoms with van der Waals surface area (Å²) in [6, 6.07) is 5.67. The van der Waals surface area contributed by atoms with Crippen molar-refractivity contribution in [3.8, 4) is 0 Å². The lowest BCUT2D eigenvalue weighted by Crippen LogP contribution is -2.30. The lowest BCUT2D eigenvalue weighted by atomic mass is 9.98. The highest BCUT2D eigenvalue weighted by Gasteiger charge is 2.21. The molecule has 1 fully saturated rings. The average Bonchev–Trinajstić information content (AvgIpc) is 3.23. The predicted molar refractivity (Wildman–Crippen MR) is 114 cm³/mol. The van der Waals surface area contributed by atoms with Crippen LogP contribution >= 0.6 is 0 Å². The summed E-state index contributed by atoms with van der Waals surface area (Å²) in [5.74, 6) is -0.0825. The number of methoxy groups -OCH3 is 1. The highest BCUT2D eigenvalue weighted by Crippen LogP contribution is 2.28. The molecule has 0 aromatic heterocycles. The zero-order valence-corrected chi connectivity index (χ0v) is 17.6. The number of ether oxygens (including phenoxy) is 1. The van der Waals surface area contributed by atoms with Crippen LogP contribution in [0.25, 0.3) is 0 Å². The zero-order valence-electron chi connectivity index (χ0n) is 17.6. The smallest absolute Gasteiger partial charge is 0.253 e. The van der Waals surface area contributed by atoms with Crippen LogP contribution in [-0.2, 0) is 9.53 Å². The number of nitrogens with zero attached hydrogens (tertiary/aromatic N) is 1. The number of carbonyl (C=O) groups is 2. The van der Waals surface area contributed by atoms with Crippen LogP contribution < -0.4 is 15.5 Å². The van der Waals surface area contributed by atoms with E-state index in [-0.39, 0.29) is 17.7 Å². The third-order valence-electron chi connectivity index (χ3n) is 5.32. The van der Waals surface area contributed by atoms with Gasteiger partial charge in [-0.25, -0.2) is 0 Å². The van der Waals surface area contributed by atoms with Crippen LogP contribution in [0.4, 0.5) is 11.4 Å². The summed E-state index contributed by atoms with van der Waals surface area (Å²) >= 11 is 0. The van der Waals surface area contributed by atoms with Crippen LogP contribution in [0.3, 0.4) is 0 Å². The highest BCUT2D eigenvalue weighted by atomic mass is 16.5. The fourth-order valence-corrected chi connectivity index (χ4v) is 3.61. The molecule has 156 valence electrons. The van der Waals surface area contributed by atoms with E-state index in [0.717, 1.165) is 57.3 Å². The van der Waals surface area contributed by atoms with Crippen molar-refractivity contribution in [2.24, 2.45) is 5.92 Å². The summed E-state index contributed by atoms with van der Waals surface area (Å²) in [7, 11) is 1.61. The lowest BCUT2D eigenvalue weighted by Gasteiger charge is -2.22. The molecule has 1 aromatic rings. The van der Waals surface area contributed by atoms with E-state index in [1.807, 2.05) is 19.1 Å². The molecule has 6 heteroatoms. The van der Waals surface area contributed by atoms with Crippen LogP contribution in [0.1, 0.15) is 62.7 Å². The number of benzene rings is 1. The largest absolute Gasteiger partial charge is 0.383 e. The van der Waals surface area contributed by atoms with Crippen molar-refractivity contribution < 1.29 is 14.3 Å². The Kier molecular flexibility index (Phi) is 9.28. The minimum atomic E-state index is -0.131. The van der Waals surface area contributed by atoms with Crippen LogP contribution in [0.2, 0.25) is 0 Å². The molecule has 1 atom stereocenters. The third kappa shape index (κ3) is 6.23. The third-order valence-corrected chi connectivity index (χ3v) is 5.32. The molecule has 6 nitrogen and oxygen atoms in total. The number of rotatable bonds is 11. The Bertz CT molecular complexity index is 642. The van der Waals surface area contributed by atoms with Gasteiger partial charge in [0.05, 0.1) is 12.2 Å². The number of hydrogen-bond acceptors (Lipinski definition) is 4. The number of carbonyl (C=O) groups excluding carboxylic acids is 2. The van der Waals surface area contributed by atoms with Crippen molar-refractivity contribution in [2.45, 2.75) is 52.4 Å². The lowest BCUT2D eigenvalue weighted by molar-refractivity contribution is -0.120. The fraction of sp³-hybridized carbons (Fsp3) is 0.636. The Morgan fingerprint density at radius 1 is 1.21 bits per heavy atom. The van der Waals surface area contributed by atoms with Crippen LogP contribution in [0, 0.1) is 5.92 Å². The Balaban J connectivity index is 2.17. The number of anilines is 2. The minimum Gasteiger partial charge on any atom is -0.383 e. The summed E-state index contributed by atoms with van der Waals surface area (Å²) in [6.07, 6.45) is 6.13. The molecule has 1 heterocycles. The first-order chi connectivity index (χ1) is 13.6. The molecule has 0 unspecified atom stereocenters. The normalized spacial score (nSPS) is 14.8. The summed E-state index contributed by atoms with van der Waals surface area (Å²) in [4.78, 5) is 27.6. The van der Waals surface area contributed by atoms with Crippen molar-refractivity contribution in [3.63, 3.8) is 0 Å². The molecule has 2 rings (SSSR count). The van der Waals surface area contributed by atoms with Crippen molar-refractivity contribution in [1.29, 1.82) is 0 Å². The Morgan fingerprint density at radius 2 is 1.96 bits per heavy atom. The van der Waals surface area contributed by atoms with Gasteiger partial charge >= 0.3 is 0 Å². The number of nitrogens with one attached hydrogen (secondary N) is 2. The molecule has 2 amide bonds. The summed E-state index contributed by atoms with van der Waals surface area (Å²) in [6.45, 7) is 7.02. The molecule has 28 heavy (non-hydrogen) atoms. The Labute approximate surface area is 169 Å². The van der Waals surface area contributed by atoms with Crippen molar-refractivity contribution in [3.05, 3.63) is 23.8 Å². The second kappa shape index (κ2) is 11.7. The zero-order chi connectivity index (χ0) is 20.4. The van der Waals surface area contributed by atoms with Crippen LogP contribution in [-0.4, -0.2) is 45.2 Å². The average molecular weight is 390 g/mol. The quantitative estimate of drug-likeness (QED) is 0.565. The SMILES string of the molecule is CCCC[C@H](CC)C(=O)Nc1ccc(N2CCCC2)c(C(=O)NCCOC)c1. The molecular formula is C22H35N3O3. The number of hydrogen-bond donors (Lipinski definition) is 2. The van der Waals surface area contributed by atoms with Gasteiger partial charge in [-0.05, 0) is 43.9 Å². The highest BCUT2D eigenvalue weighted by molar-refractivity contribution is 6.02. The van der Waals surface area contributed by atoms with Crippen molar-refractivity contribution >= 4 is 23.2 Å². The van der Waals surface area contributed by atoms with Gasteiger partial charge in [-0.15, -0.1) is 0 Å². The maximum atomic E-state index is 12.8. The van der Waals surface area contributed by atoms with E-state index in [1.165, 1.54) is 0 Å². The van der Waals surface area contributed by atoms with Crippen LogP contribution in [0.5, 0.6) is 0 Å². The molecule has 1 aromatic carbocycles. The summed E-state index contributed by atoms with van der Waals surface area (Å²) < 4.78 is 5.02. The predicted octanol–water partition coefficient (Wildman–Crippen LogP) is 3.82. The van der Waals surface area contributed by atoms with E-state index >= 15 is 0 Å². The van der Waals surface area contributed by atoms with Crippen molar-refractivity contribution in [1.82, 2.24) is 5.32 Å². The molecule has 1 aliphatic heterocycles. The van der Waals surface area contributed by atoms with E-state index < -0.39 is 0 Å². The maximum absolute atomic E-state index is 12.8. The van der Waals surface area contributed by atoms with Gasteiger partial charge in [-0.2, -0.15) is 0 Å². The van der Waals surface area contributed by atoms with E-state index in [9.17, 15) is 9.59 Å². The second-order valence-electron chi connectivity index (χ2n) is 7.41. The molecule has 1 saturated heterocycles. The molecule has 2 N–H and O–H groups in total. The van der Waals surface area contributed by atoms with Gasteiger partial charge < -0.3 is 20.3 Å². The topological polar surface area (TPSA) is 70.7 Å². The molecular weight excluding hydrogens is 354 g/mol. The Hall–Kier alpha value is -2.08. The van der Waals surface area contributed by atoms with E-state index in [1.54, 1.807) is 13.2 Å². The molecule has 1 aliphatic rings. The van der Waals surface area contributed by atoms with Gasteiger partial charge in [-0.1, -0.05) is 26.7 Å².